The van der Waals surface area contributed by atoms with Crippen LogP contribution in [0.1, 0.15) is 43.0 Å². The normalized spacial score (nSPS) is 14.5. The topological polar surface area (TPSA) is 102 Å². The Morgan fingerprint density at radius 2 is 1.75 bits per heavy atom. The minimum absolute atomic E-state index is 0.125. The number of sulfonamides is 1. The van der Waals surface area contributed by atoms with Gasteiger partial charge < -0.3 is 14.8 Å². The van der Waals surface area contributed by atoms with Gasteiger partial charge in [0.1, 0.15) is 5.75 Å². The van der Waals surface area contributed by atoms with Gasteiger partial charge in [-0.1, -0.05) is 19.4 Å². The Kier molecular flexibility index (Phi) is 8.24. The Hall–Kier alpha value is -2.91. The first kappa shape index (κ1) is 23.7. The molecule has 1 amide bonds. The number of nitrogens with one attached hydrogen (secondary N) is 1. The van der Waals surface area contributed by atoms with Crippen LogP contribution in [-0.4, -0.2) is 50.9 Å². The average Bonchev–Trinajstić information content (AvgIpc) is 2.82. The molecule has 1 saturated heterocycles. The molecule has 9 heteroatoms. The van der Waals surface area contributed by atoms with Gasteiger partial charge in [-0.25, -0.2) is 13.2 Å². The lowest BCUT2D eigenvalue weighted by molar-refractivity contribution is -0.119. The third kappa shape index (κ3) is 6.30. The van der Waals surface area contributed by atoms with Crippen molar-refractivity contribution in [2.24, 2.45) is 0 Å². The van der Waals surface area contributed by atoms with Crippen LogP contribution in [-0.2, 0) is 19.6 Å². The van der Waals surface area contributed by atoms with E-state index in [0.29, 0.717) is 36.7 Å². The summed E-state index contributed by atoms with van der Waals surface area (Å²) < 4.78 is 37.6. The van der Waals surface area contributed by atoms with Crippen molar-refractivity contribution in [3.05, 3.63) is 54.1 Å². The van der Waals surface area contributed by atoms with Gasteiger partial charge in [-0.05, 0) is 61.7 Å². The van der Waals surface area contributed by atoms with E-state index in [0.717, 1.165) is 25.7 Å². The van der Waals surface area contributed by atoms with Crippen LogP contribution in [0.3, 0.4) is 0 Å². The molecular weight excluding hydrogens is 432 g/mol. The zero-order valence-electron chi connectivity index (χ0n) is 18.1. The van der Waals surface area contributed by atoms with Crippen LogP contribution in [0, 0.1) is 0 Å². The van der Waals surface area contributed by atoms with Gasteiger partial charge in [0.05, 0.1) is 17.1 Å². The van der Waals surface area contributed by atoms with Crippen LogP contribution in [0.4, 0.5) is 5.69 Å². The fourth-order valence-electron chi connectivity index (χ4n) is 3.31. The molecule has 3 rings (SSSR count). The zero-order valence-corrected chi connectivity index (χ0v) is 18.9. The second-order valence-electron chi connectivity index (χ2n) is 7.49. The van der Waals surface area contributed by atoms with Gasteiger partial charge in [0.25, 0.3) is 5.91 Å². The van der Waals surface area contributed by atoms with E-state index in [1.54, 1.807) is 36.4 Å². The highest BCUT2D eigenvalue weighted by Gasteiger charge is 2.26. The summed E-state index contributed by atoms with van der Waals surface area (Å²) in [7, 11) is -3.61. The minimum Gasteiger partial charge on any atom is -0.494 e. The summed E-state index contributed by atoms with van der Waals surface area (Å²) >= 11 is 0. The van der Waals surface area contributed by atoms with E-state index in [4.69, 9.17) is 9.47 Å². The van der Waals surface area contributed by atoms with Gasteiger partial charge in [-0.3, -0.25) is 4.79 Å². The van der Waals surface area contributed by atoms with Crippen LogP contribution >= 0.6 is 0 Å². The van der Waals surface area contributed by atoms with E-state index in [1.807, 2.05) is 6.92 Å². The summed E-state index contributed by atoms with van der Waals surface area (Å²) in [5.74, 6) is -0.544. The predicted molar refractivity (Wildman–Crippen MR) is 120 cm³/mol. The number of piperidine rings is 1. The van der Waals surface area contributed by atoms with Crippen molar-refractivity contribution < 1.29 is 27.5 Å². The van der Waals surface area contributed by atoms with Crippen molar-refractivity contribution in [2.45, 2.75) is 37.5 Å². The summed E-state index contributed by atoms with van der Waals surface area (Å²) in [5, 5.41) is 2.58. The molecule has 1 N–H and O–H groups in total. The van der Waals surface area contributed by atoms with Crippen molar-refractivity contribution in [3.63, 3.8) is 0 Å². The monoisotopic (exact) mass is 460 g/mol. The highest BCUT2D eigenvalue weighted by molar-refractivity contribution is 7.89. The zero-order chi connectivity index (χ0) is 23.0. The van der Waals surface area contributed by atoms with Crippen molar-refractivity contribution in [3.8, 4) is 5.75 Å². The van der Waals surface area contributed by atoms with Crippen LogP contribution in [0.25, 0.3) is 0 Å². The van der Waals surface area contributed by atoms with E-state index in [9.17, 15) is 18.0 Å². The van der Waals surface area contributed by atoms with Gasteiger partial charge in [-0.2, -0.15) is 4.31 Å². The van der Waals surface area contributed by atoms with Crippen molar-refractivity contribution in [1.82, 2.24) is 4.31 Å². The molecule has 1 aliphatic heterocycles. The number of carbonyl (C=O) groups is 2. The Morgan fingerprint density at radius 3 is 2.44 bits per heavy atom. The molecule has 0 radical (unpaired) electrons. The fraction of sp³-hybridized carbons (Fsp3) is 0.391. The Balaban J connectivity index is 1.55. The number of esters is 1. The molecule has 32 heavy (non-hydrogen) atoms. The van der Waals surface area contributed by atoms with E-state index >= 15 is 0 Å². The summed E-state index contributed by atoms with van der Waals surface area (Å²) in [4.78, 5) is 24.5. The molecule has 1 heterocycles. The first-order valence-corrected chi connectivity index (χ1v) is 12.1. The van der Waals surface area contributed by atoms with Gasteiger partial charge in [0.15, 0.2) is 6.61 Å². The summed E-state index contributed by atoms with van der Waals surface area (Å²) in [5.41, 5.74) is 0.623. The summed E-state index contributed by atoms with van der Waals surface area (Å²) in [6.07, 6.45) is 3.59. The van der Waals surface area contributed by atoms with Crippen molar-refractivity contribution >= 4 is 27.6 Å². The molecule has 2 aromatic rings. The van der Waals surface area contributed by atoms with Crippen molar-refractivity contribution in [1.29, 1.82) is 0 Å². The minimum atomic E-state index is -3.61. The maximum atomic E-state index is 12.8. The molecule has 1 aliphatic rings. The molecule has 0 atom stereocenters. The number of ether oxygens (including phenoxy) is 2. The SMILES string of the molecule is CCCOc1ccc(C(=O)OCC(=O)Nc2cccc(S(=O)(=O)N3CCCCC3)c2)cc1. The van der Waals surface area contributed by atoms with E-state index < -0.39 is 28.5 Å². The molecular formula is C23H28N2O6S. The lowest BCUT2D eigenvalue weighted by Crippen LogP contribution is -2.35. The highest BCUT2D eigenvalue weighted by atomic mass is 32.2. The van der Waals surface area contributed by atoms with Crippen molar-refractivity contribution in [2.75, 3.05) is 31.6 Å². The number of rotatable bonds is 9. The lowest BCUT2D eigenvalue weighted by Gasteiger charge is -2.26. The maximum Gasteiger partial charge on any atom is 0.338 e. The average molecular weight is 461 g/mol. The van der Waals surface area contributed by atoms with Crippen LogP contribution in [0.15, 0.2) is 53.4 Å². The number of hydrogen-bond acceptors (Lipinski definition) is 6. The van der Waals surface area contributed by atoms with Gasteiger partial charge >= 0.3 is 5.97 Å². The molecule has 0 aliphatic carbocycles. The van der Waals surface area contributed by atoms with E-state index in [2.05, 4.69) is 5.32 Å². The van der Waals surface area contributed by atoms with Gasteiger partial charge in [0, 0.05) is 18.8 Å². The second kappa shape index (κ2) is 11.1. The number of anilines is 1. The molecule has 0 bridgehead atoms. The molecule has 8 nitrogen and oxygen atoms in total. The standard InChI is InChI=1S/C23H28N2O6S/c1-2-15-30-20-11-9-18(10-12-20)23(27)31-17-22(26)24-19-7-6-8-21(16-19)32(28,29)25-13-4-3-5-14-25/h6-12,16H,2-5,13-15,17H2,1H3,(H,24,26). The van der Waals surface area contributed by atoms with Gasteiger partial charge in [0.2, 0.25) is 10.0 Å². The largest absolute Gasteiger partial charge is 0.494 e. The smallest absolute Gasteiger partial charge is 0.338 e. The molecule has 1 fully saturated rings. The molecule has 172 valence electrons. The molecule has 0 spiro atoms. The van der Waals surface area contributed by atoms with Crippen LogP contribution < -0.4 is 10.1 Å². The third-order valence-corrected chi connectivity index (χ3v) is 6.86. The Bertz CT molecular complexity index is 1030. The van der Waals surface area contributed by atoms with Gasteiger partial charge in [-0.15, -0.1) is 0 Å². The number of benzene rings is 2. The Labute approximate surface area is 188 Å². The first-order chi connectivity index (χ1) is 15.4. The second-order valence-corrected chi connectivity index (χ2v) is 9.43. The Morgan fingerprint density at radius 1 is 1.03 bits per heavy atom. The highest BCUT2D eigenvalue weighted by Crippen LogP contribution is 2.23. The number of hydrogen-bond donors (Lipinski definition) is 1. The lowest BCUT2D eigenvalue weighted by atomic mass is 10.2. The number of carbonyl (C=O) groups excluding carboxylic acids is 2. The van der Waals surface area contributed by atoms with Crippen LogP contribution in [0.2, 0.25) is 0 Å². The van der Waals surface area contributed by atoms with E-state index in [-0.39, 0.29) is 4.90 Å². The summed E-state index contributed by atoms with van der Waals surface area (Å²) in [6.45, 7) is 3.10. The quantitative estimate of drug-likeness (QED) is 0.575. The van der Waals surface area contributed by atoms with Crippen LogP contribution in [0.5, 0.6) is 5.75 Å². The maximum absolute atomic E-state index is 12.8. The fourth-order valence-corrected chi connectivity index (χ4v) is 4.87. The number of amides is 1. The third-order valence-electron chi connectivity index (χ3n) is 4.97. The molecule has 0 saturated carbocycles. The van der Waals surface area contributed by atoms with E-state index in [1.165, 1.54) is 16.4 Å². The first-order valence-electron chi connectivity index (χ1n) is 10.7. The number of nitrogens with zero attached hydrogens (tertiary/aromatic N) is 1. The summed E-state index contributed by atoms with van der Waals surface area (Å²) in [6, 6.07) is 12.6. The molecule has 2 aromatic carbocycles. The predicted octanol–water partition coefficient (Wildman–Crippen LogP) is 3.45. The molecule has 0 unspecified atom stereocenters. The molecule has 0 aromatic heterocycles.